The van der Waals surface area contributed by atoms with Crippen molar-refractivity contribution in [3.8, 4) is 6.07 Å². The second-order valence-electron chi connectivity index (χ2n) is 5.97. The van der Waals surface area contributed by atoms with Crippen molar-refractivity contribution in [2.45, 2.75) is 32.2 Å². The van der Waals surface area contributed by atoms with Gasteiger partial charge in [-0.1, -0.05) is 28.1 Å². The number of hydrogen-bond acceptors (Lipinski definition) is 2. The van der Waals surface area contributed by atoms with E-state index in [0.717, 1.165) is 17.6 Å². The maximum absolute atomic E-state index is 9.36. The Kier molecular flexibility index (Phi) is 3.79. The Labute approximate surface area is 118 Å². The van der Waals surface area contributed by atoms with Crippen LogP contribution in [0.1, 0.15) is 32.3 Å². The van der Waals surface area contributed by atoms with E-state index in [1.54, 1.807) is 0 Å². The van der Waals surface area contributed by atoms with Gasteiger partial charge in [0, 0.05) is 29.0 Å². The second-order valence-corrected chi connectivity index (χ2v) is 6.89. The van der Waals surface area contributed by atoms with Crippen LogP contribution < -0.4 is 0 Å². The van der Waals surface area contributed by atoms with Crippen molar-refractivity contribution in [2.75, 3.05) is 13.1 Å². The topological polar surface area (TPSA) is 27.0 Å². The molecule has 0 radical (unpaired) electrons. The molecule has 1 aliphatic heterocycles. The molecule has 0 N–H and O–H groups in total. The Morgan fingerprint density at radius 1 is 1.33 bits per heavy atom. The zero-order chi connectivity index (χ0) is 13.3. The van der Waals surface area contributed by atoms with Crippen LogP contribution in [0.5, 0.6) is 0 Å². The summed E-state index contributed by atoms with van der Waals surface area (Å²) >= 11 is 3.51. The molecule has 1 fully saturated rings. The number of nitrogens with zero attached hydrogens (tertiary/aromatic N) is 2. The van der Waals surface area contributed by atoms with Crippen LogP contribution >= 0.6 is 15.9 Å². The third kappa shape index (κ3) is 2.76. The lowest BCUT2D eigenvalue weighted by Crippen LogP contribution is -2.39. The van der Waals surface area contributed by atoms with Crippen LogP contribution in [-0.4, -0.2) is 23.5 Å². The fourth-order valence-corrected chi connectivity index (χ4v) is 2.97. The standard InChI is InChI=1S/C15H19BrN2/c1-15(2,3)18-9-12(8-17)14(10-18)11-5-4-6-13(16)7-11/h4-7,12,14H,9-10H2,1-3H3/t12-,14+/m0/s1. The maximum Gasteiger partial charge on any atom is 0.0676 e. The quantitative estimate of drug-likeness (QED) is 0.789. The van der Waals surface area contributed by atoms with Crippen LogP contribution in [0.3, 0.4) is 0 Å². The monoisotopic (exact) mass is 306 g/mol. The van der Waals surface area contributed by atoms with E-state index in [9.17, 15) is 5.26 Å². The van der Waals surface area contributed by atoms with Crippen molar-refractivity contribution in [3.63, 3.8) is 0 Å². The van der Waals surface area contributed by atoms with E-state index in [4.69, 9.17) is 0 Å². The maximum atomic E-state index is 9.36. The molecule has 1 aromatic carbocycles. The molecule has 0 saturated carbocycles. The average Bonchev–Trinajstić information content (AvgIpc) is 2.72. The lowest BCUT2D eigenvalue weighted by atomic mass is 9.90. The minimum absolute atomic E-state index is 0.0959. The van der Waals surface area contributed by atoms with E-state index >= 15 is 0 Å². The van der Waals surface area contributed by atoms with Crippen molar-refractivity contribution >= 4 is 15.9 Å². The molecule has 1 saturated heterocycles. The van der Waals surface area contributed by atoms with Gasteiger partial charge in [0.25, 0.3) is 0 Å². The molecule has 0 aromatic heterocycles. The van der Waals surface area contributed by atoms with Crippen LogP contribution in [0.15, 0.2) is 28.7 Å². The van der Waals surface area contributed by atoms with Crippen molar-refractivity contribution in [3.05, 3.63) is 34.3 Å². The molecule has 0 aliphatic carbocycles. The molecule has 18 heavy (non-hydrogen) atoms. The first-order valence-corrected chi connectivity index (χ1v) is 7.11. The van der Waals surface area contributed by atoms with Crippen molar-refractivity contribution < 1.29 is 0 Å². The zero-order valence-electron chi connectivity index (χ0n) is 11.2. The summed E-state index contributed by atoms with van der Waals surface area (Å²) in [5.74, 6) is 0.422. The van der Waals surface area contributed by atoms with Gasteiger partial charge in [-0.2, -0.15) is 5.26 Å². The van der Waals surface area contributed by atoms with Gasteiger partial charge in [0.1, 0.15) is 0 Å². The van der Waals surface area contributed by atoms with Crippen molar-refractivity contribution in [2.24, 2.45) is 5.92 Å². The molecule has 1 aliphatic rings. The average molecular weight is 307 g/mol. The van der Waals surface area contributed by atoms with Gasteiger partial charge in [0.05, 0.1) is 12.0 Å². The molecule has 0 spiro atoms. The number of halogens is 1. The summed E-state index contributed by atoms with van der Waals surface area (Å²) in [4.78, 5) is 2.41. The number of likely N-dealkylation sites (tertiary alicyclic amines) is 1. The van der Waals surface area contributed by atoms with E-state index in [1.807, 2.05) is 12.1 Å². The van der Waals surface area contributed by atoms with Crippen LogP contribution in [0.4, 0.5) is 0 Å². The van der Waals surface area contributed by atoms with Gasteiger partial charge in [0.2, 0.25) is 0 Å². The van der Waals surface area contributed by atoms with Crippen LogP contribution in [0.25, 0.3) is 0 Å². The van der Waals surface area contributed by atoms with E-state index in [0.29, 0.717) is 5.92 Å². The van der Waals surface area contributed by atoms with E-state index in [1.165, 1.54) is 5.56 Å². The second kappa shape index (κ2) is 5.03. The zero-order valence-corrected chi connectivity index (χ0v) is 12.7. The molecule has 0 bridgehead atoms. The number of rotatable bonds is 1. The highest BCUT2D eigenvalue weighted by atomic mass is 79.9. The Balaban J connectivity index is 2.26. The molecule has 96 valence electrons. The molecule has 3 heteroatoms. The number of hydrogen-bond donors (Lipinski definition) is 0. The smallest absolute Gasteiger partial charge is 0.0676 e. The fourth-order valence-electron chi connectivity index (χ4n) is 2.56. The van der Waals surface area contributed by atoms with Crippen molar-refractivity contribution in [1.82, 2.24) is 4.90 Å². The van der Waals surface area contributed by atoms with Crippen LogP contribution in [0.2, 0.25) is 0 Å². The third-order valence-corrected chi connectivity index (χ3v) is 4.20. The summed E-state index contributed by atoms with van der Waals surface area (Å²) in [5.41, 5.74) is 1.40. The normalized spacial score (nSPS) is 25.1. The molecule has 2 nitrogen and oxygen atoms in total. The number of nitriles is 1. The summed E-state index contributed by atoms with van der Waals surface area (Å²) in [6.45, 7) is 8.48. The minimum Gasteiger partial charge on any atom is -0.297 e. The lowest BCUT2D eigenvalue weighted by Gasteiger charge is -2.31. The molecule has 2 rings (SSSR count). The third-order valence-electron chi connectivity index (χ3n) is 3.71. The Hall–Kier alpha value is -0.850. The summed E-state index contributed by atoms with van der Waals surface area (Å²) in [5, 5.41) is 9.36. The first kappa shape index (κ1) is 13.6. The Morgan fingerprint density at radius 3 is 2.61 bits per heavy atom. The molecule has 0 amide bonds. The molecular formula is C15H19BrN2. The van der Waals surface area contributed by atoms with Gasteiger partial charge < -0.3 is 0 Å². The summed E-state index contributed by atoms with van der Waals surface area (Å²) in [6.07, 6.45) is 0. The first-order chi connectivity index (χ1) is 8.41. The van der Waals surface area contributed by atoms with Gasteiger partial charge in [-0.05, 0) is 38.5 Å². The molecule has 2 atom stereocenters. The van der Waals surface area contributed by atoms with Crippen LogP contribution in [0, 0.1) is 17.2 Å². The first-order valence-electron chi connectivity index (χ1n) is 6.32. The van der Waals surface area contributed by atoms with Crippen LogP contribution in [-0.2, 0) is 0 Å². The van der Waals surface area contributed by atoms with Gasteiger partial charge in [0.15, 0.2) is 0 Å². The lowest BCUT2D eigenvalue weighted by molar-refractivity contribution is 0.170. The highest BCUT2D eigenvalue weighted by Gasteiger charge is 2.38. The van der Waals surface area contributed by atoms with Gasteiger partial charge in [-0.3, -0.25) is 4.90 Å². The molecule has 1 aromatic rings. The van der Waals surface area contributed by atoms with E-state index in [2.05, 4.69) is 59.8 Å². The highest BCUT2D eigenvalue weighted by molar-refractivity contribution is 9.10. The highest BCUT2D eigenvalue weighted by Crippen LogP contribution is 2.36. The van der Waals surface area contributed by atoms with Gasteiger partial charge >= 0.3 is 0 Å². The Bertz CT molecular complexity index is 470. The van der Waals surface area contributed by atoms with Gasteiger partial charge in [-0.25, -0.2) is 0 Å². The summed E-state index contributed by atoms with van der Waals surface area (Å²) < 4.78 is 1.09. The molecule has 1 heterocycles. The summed E-state index contributed by atoms with van der Waals surface area (Å²) in [7, 11) is 0. The molecular weight excluding hydrogens is 288 g/mol. The summed E-state index contributed by atoms with van der Waals surface area (Å²) in [6, 6.07) is 10.8. The SMILES string of the molecule is CC(C)(C)N1C[C@H](c2cccc(Br)c2)[C@@H](C#N)C1. The Morgan fingerprint density at radius 2 is 2.06 bits per heavy atom. The number of benzene rings is 1. The predicted molar refractivity (Wildman–Crippen MR) is 77.3 cm³/mol. The fraction of sp³-hybridized carbons (Fsp3) is 0.533. The largest absolute Gasteiger partial charge is 0.297 e. The van der Waals surface area contributed by atoms with E-state index in [-0.39, 0.29) is 11.5 Å². The van der Waals surface area contributed by atoms with Crippen molar-refractivity contribution in [1.29, 1.82) is 5.26 Å². The predicted octanol–water partition coefficient (Wildman–Crippen LogP) is 3.79. The van der Waals surface area contributed by atoms with Gasteiger partial charge in [-0.15, -0.1) is 0 Å². The van der Waals surface area contributed by atoms with E-state index < -0.39 is 0 Å². The molecule has 0 unspecified atom stereocenters. The minimum atomic E-state index is 0.0959.